The van der Waals surface area contributed by atoms with Crippen LogP contribution in [0.5, 0.6) is 5.88 Å². The van der Waals surface area contributed by atoms with Crippen LogP contribution in [-0.2, 0) is 0 Å². The molecule has 2 atom stereocenters. The molecule has 1 aromatic carbocycles. The Morgan fingerprint density at radius 2 is 2.00 bits per heavy atom. The maximum atomic E-state index is 10.8. The zero-order chi connectivity index (χ0) is 17.6. The van der Waals surface area contributed by atoms with E-state index >= 15 is 0 Å². The Bertz CT molecular complexity index is 883. The molecule has 3 heterocycles. The first kappa shape index (κ1) is 16.5. The number of aromatic nitrogens is 3. The highest BCUT2D eigenvalue weighted by atomic mass is 32.1. The van der Waals surface area contributed by atoms with E-state index < -0.39 is 0 Å². The van der Waals surface area contributed by atoms with Crippen molar-refractivity contribution >= 4 is 16.3 Å². The van der Waals surface area contributed by atoms with E-state index in [1.54, 1.807) is 15.9 Å². The minimum absolute atomic E-state index is 0.0529. The van der Waals surface area contributed by atoms with Crippen molar-refractivity contribution in [2.45, 2.75) is 39.7 Å². The summed E-state index contributed by atoms with van der Waals surface area (Å²) in [5.74, 6) is 1.59. The van der Waals surface area contributed by atoms with Gasteiger partial charge in [0, 0.05) is 6.54 Å². The first-order chi connectivity index (χ1) is 12.0. The van der Waals surface area contributed by atoms with Gasteiger partial charge in [-0.2, -0.15) is 4.52 Å². The number of fused-ring (bicyclic) bond motifs is 1. The predicted molar refractivity (Wildman–Crippen MR) is 100 cm³/mol. The van der Waals surface area contributed by atoms with Crippen LogP contribution in [0, 0.1) is 19.8 Å². The van der Waals surface area contributed by atoms with Gasteiger partial charge in [0.1, 0.15) is 5.82 Å². The second kappa shape index (κ2) is 6.42. The summed E-state index contributed by atoms with van der Waals surface area (Å²) in [6.07, 6.45) is 2.47. The molecule has 5 nitrogen and oxygen atoms in total. The van der Waals surface area contributed by atoms with Gasteiger partial charge in [-0.05, 0) is 44.7 Å². The van der Waals surface area contributed by atoms with E-state index in [0.29, 0.717) is 11.7 Å². The van der Waals surface area contributed by atoms with Crippen molar-refractivity contribution in [1.82, 2.24) is 19.5 Å². The zero-order valence-electron chi connectivity index (χ0n) is 14.9. The van der Waals surface area contributed by atoms with Crippen LogP contribution < -0.4 is 0 Å². The molecule has 3 aromatic rings. The van der Waals surface area contributed by atoms with E-state index in [-0.39, 0.29) is 11.9 Å². The van der Waals surface area contributed by atoms with Gasteiger partial charge in [0.2, 0.25) is 10.8 Å². The van der Waals surface area contributed by atoms with E-state index in [1.807, 2.05) is 6.92 Å². The van der Waals surface area contributed by atoms with E-state index in [4.69, 9.17) is 0 Å². The second-order valence-electron chi connectivity index (χ2n) is 7.20. The Morgan fingerprint density at radius 3 is 2.68 bits per heavy atom. The fraction of sp³-hybridized carbons (Fsp3) is 0.474. The van der Waals surface area contributed by atoms with E-state index in [1.165, 1.54) is 24.0 Å². The molecule has 1 fully saturated rings. The van der Waals surface area contributed by atoms with Gasteiger partial charge in [0.15, 0.2) is 0 Å². The number of hydrogen-bond acceptors (Lipinski definition) is 5. The van der Waals surface area contributed by atoms with Gasteiger partial charge < -0.3 is 5.11 Å². The third kappa shape index (κ3) is 3.04. The zero-order valence-corrected chi connectivity index (χ0v) is 15.8. The van der Waals surface area contributed by atoms with Crippen molar-refractivity contribution in [3.05, 3.63) is 46.1 Å². The minimum atomic E-state index is 0.0529. The Labute approximate surface area is 151 Å². The van der Waals surface area contributed by atoms with Crippen molar-refractivity contribution in [1.29, 1.82) is 0 Å². The topological polar surface area (TPSA) is 53.7 Å². The highest BCUT2D eigenvalue weighted by molar-refractivity contribution is 7.17. The lowest BCUT2D eigenvalue weighted by atomic mass is 9.95. The number of likely N-dealkylation sites (tertiary alicyclic amines) is 1. The Morgan fingerprint density at radius 1 is 1.24 bits per heavy atom. The molecule has 25 heavy (non-hydrogen) atoms. The molecule has 0 spiro atoms. The van der Waals surface area contributed by atoms with Crippen molar-refractivity contribution < 1.29 is 5.11 Å². The molecule has 1 aliphatic heterocycles. The fourth-order valence-electron chi connectivity index (χ4n) is 3.76. The molecule has 0 saturated carbocycles. The van der Waals surface area contributed by atoms with Crippen LogP contribution in [0.1, 0.15) is 47.6 Å². The first-order valence-electron chi connectivity index (χ1n) is 8.88. The third-order valence-corrected chi connectivity index (χ3v) is 6.07. The number of rotatable bonds is 3. The predicted octanol–water partition coefficient (Wildman–Crippen LogP) is 3.93. The summed E-state index contributed by atoms with van der Waals surface area (Å²) < 4.78 is 1.57. The first-order valence-corrected chi connectivity index (χ1v) is 9.70. The summed E-state index contributed by atoms with van der Waals surface area (Å²) in [6.45, 7) is 8.36. The standard InChI is InChI=1S/C19H24N4OS/c1-12-6-8-15(9-7-12)16(22-10-4-5-13(2)11-22)17-18(24)23-19(25-17)20-14(3)21-23/h6-9,13,16,24H,4-5,10-11H2,1-3H3. The maximum Gasteiger partial charge on any atom is 0.230 e. The molecular weight excluding hydrogens is 332 g/mol. The van der Waals surface area contributed by atoms with Crippen LogP contribution in [0.4, 0.5) is 0 Å². The van der Waals surface area contributed by atoms with Gasteiger partial charge >= 0.3 is 0 Å². The summed E-state index contributed by atoms with van der Waals surface area (Å²) in [4.78, 5) is 8.63. The largest absolute Gasteiger partial charge is 0.492 e. The molecule has 132 valence electrons. The average Bonchev–Trinajstić information content (AvgIpc) is 3.08. The van der Waals surface area contributed by atoms with Gasteiger partial charge in [0.25, 0.3) is 0 Å². The number of thiazole rings is 1. The number of aryl methyl sites for hydroxylation is 2. The highest BCUT2D eigenvalue weighted by Gasteiger charge is 2.31. The Hall–Kier alpha value is -1.92. The van der Waals surface area contributed by atoms with E-state index in [0.717, 1.165) is 22.9 Å². The van der Waals surface area contributed by atoms with Crippen molar-refractivity contribution in [2.24, 2.45) is 5.92 Å². The maximum absolute atomic E-state index is 10.8. The minimum Gasteiger partial charge on any atom is -0.492 e. The van der Waals surface area contributed by atoms with Crippen molar-refractivity contribution in [3.63, 3.8) is 0 Å². The summed E-state index contributed by atoms with van der Waals surface area (Å²) in [5, 5.41) is 15.2. The Balaban J connectivity index is 1.81. The van der Waals surface area contributed by atoms with Crippen LogP contribution in [0.15, 0.2) is 24.3 Å². The van der Waals surface area contributed by atoms with Crippen molar-refractivity contribution in [3.8, 4) is 5.88 Å². The van der Waals surface area contributed by atoms with Crippen LogP contribution in [0.25, 0.3) is 4.96 Å². The number of benzene rings is 1. The van der Waals surface area contributed by atoms with E-state index in [2.05, 4.69) is 53.1 Å². The summed E-state index contributed by atoms with van der Waals surface area (Å²) >= 11 is 1.54. The van der Waals surface area contributed by atoms with E-state index in [9.17, 15) is 5.11 Å². The summed E-state index contributed by atoms with van der Waals surface area (Å²) in [7, 11) is 0. The van der Waals surface area contributed by atoms with Gasteiger partial charge in [-0.15, -0.1) is 5.10 Å². The molecule has 2 aromatic heterocycles. The lowest BCUT2D eigenvalue weighted by Crippen LogP contribution is -2.37. The molecule has 1 aliphatic rings. The molecular formula is C19H24N4OS. The number of nitrogens with zero attached hydrogens (tertiary/aromatic N) is 4. The number of aromatic hydroxyl groups is 1. The SMILES string of the molecule is Cc1ccc(C(c2sc3nc(C)nn3c2O)N2CCCC(C)C2)cc1. The third-order valence-electron chi connectivity index (χ3n) is 5.00. The fourth-order valence-corrected chi connectivity index (χ4v) is 4.93. The van der Waals surface area contributed by atoms with Crippen LogP contribution in [0.3, 0.4) is 0 Å². The normalized spacial score (nSPS) is 20.2. The van der Waals surface area contributed by atoms with Gasteiger partial charge in [-0.3, -0.25) is 4.90 Å². The molecule has 1 N–H and O–H groups in total. The molecule has 0 aliphatic carbocycles. The molecule has 2 unspecified atom stereocenters. The lowest BCUT2D eigenvalue weighted by molar-refractivity contribution is 0.149. The molecule has 4 rings (SSSR count). The van der Waals surface area contributed by atoms with Gasteiger partial charge in [-0.1, -0.05) is 48.1 Å². The molecule has 0 amide bonds. The lowest BCUT2D eigenvalue weighted by Gasteiger charge is -2.37. The van der Waals surface area contributed by atoms with Gasteiger partial charge in [-0.25, -0.2) is 4.98 Å². The van der Waals surface area contributed by atoms with Crippen LogP contribution >= 0.6 is 11.3 Å². The molecule has 0 radical (unpaired) electrons. The smallest absolute Gasteiger partial charge is 0.230 e. The van der Waals surface area contributed by atoms with Crippen molar-refractivity contribution in [2.75, 3.05) is 13.1 Å². The molecule has 6 heteroatoms. The summed E-state index contributed by atoms with van der Waals surface area (Å²) in [6, 6.07) is 8.71. The Kier molecular flexibility index (Phi) is 4.25. The second-order valence-corrected chi connectivity index (χ2v) is 8.21. The monoisotopic (exact) mass is 356 g/mol. The molecule has 1 saturated heterocycles. The van der Waals surface area contributed by atoms with Crippen LogP contribution in [0.2, 0.25) is 0 Å². The number of piperidine rings is 1. The average molecular weight is 356 g/mol. The highest BCUT2D eigenvalue weighted by Crippen LogP contribution is 2.41. The number of hydrogen-bond donors (Lipinski definition) is 1. The quantitative estimate of drug-likeness (QED) is 0.772. The summed E-state index contributed by atoms with van der Waals surface area (Å²) in [5.41, 5.74) is 2.47. The van der Waals surface area contributed by atoms with Gasteiger partial charge in [0.05, 0.1) is 10.9 Å². The molecule has 0 bridgehead atoms. The van der Waals surface area contributed by atoms with Crippen LogP contribution in [-0.4, -0.2) is 37.7 Å².